The van der Waals surface area contributed by atoms with E-state index in [1.54, 1.807) is 13.2 Å². The highest BCUT2D eigenvalue weighted by Crippen LogP contribution is 2.29. The van der Waals surface area contributed by atoms with E-state index in [9.17, 15) is 4.79 Å². The van der Waals surface area contributed by atoms with Crippen LogP contribution in [-0.2, 0) is 0 Å². The highest BCUT2D eigenvalue weighted by atomic mass is 79.9. The maximum atomic E-state index is 12.4. The van der Waals surface area contributed by atoms with Crippen molar-refractivity contribution in [3.05, 3.63) is 28.2 Å². The molecule has 0 atom stereocenters. The van der Waals surface area contributed by atoms with Gasteiger partial charge in [0.05, 0.1) is 12.7 Å². The molecule has 1 N–H and O–H groups in total. The fourth-order valence-corrected chi connectivity index (χ4v) is 2.99. The molecule has 4 heteroatoms. The summed E-state index contributed by atoms with van der Waals surface area (Å²) in [5, 5.41) is 3.17. The summed E-state index contributed by atoms with van der Waals surface area (Å²) in [6.07, 6.45) is 5.75. The molecule has 1 fully saturated rings. The topological polar surface area (TPSA) is 38.3 Å². The summed E-state index contributed by atoms with van der Waals surface area (Å²) in [7, 11) is 1.58. The molecule has 104 valence electrons. The van der Waals surface area contributed by atoms with Crippen LogP contribution in [0.5, 0.6) is 5.75 Å². The van der Waals surface area contributed by atoms with Gasteiger partial charge in [0, 0.05) is 10.0 Å². The molecule has 1 aliphatic carbocycles. The van der Waals surface area contributed by atoms with E-state index in [-0.39, 0.29) is 11.4 Å². The number of nitrogens with one attached hydrogen (secondary N) is 1. The van der Waals surface area contributed by atoms with Crippen LogP contribution in [0.4, 0.5) is 0 Å². The molecule has 0 heterocycles. The lowest BCUT2D eigenvalue weighted by atomic mass is 9.83. The summed E-state index contributed by atoms with van der Waals surface area (Å²) in [6.45, 7) is 2.13. The predicted molar refractivity (Wildman–Crippen MR) is 79.7 cm³/mol. The molecule has 0 aromatic heterocycles. The Morgan fingerprint density at radius 1 is 1.32 bits per heavy atom. The van der Waals surface area contributed by atoms with Gasteiger partial charge in [0.15, 0.2) is 0 Å². The van der Waals surface area contributed by atoms with Gasteiger partial charge >= 0.3 is 0 Å². The lowest BCUT2D eigenvalue weighted by Gasteiger charge is -2.34. The Morgan fingerprint density at radius 3 is 2.63 bits per heavy atom. The fourth-order valence-electron chi connectivity index (χ4n) is 2.65. The lowest BCUT2D eigenvalue weighted by Crippen LogP contribution is -2.47. The summed E-state index contributed by atoms with van der Waals surface area (Å²) in [4.78, 5) is 12.4. The molecular weight excluding hydrogens is 306 g/mol. The van der Waals surface area contributed by atoms with Crippen molar-refractivity contribution in [3.63, 3.8) is 0 Å². The second-order valence-electron chi connectivity index (χ2n) is 5.42. The number of hydrogen-bond donors (Lipinski definition) is 1. The van der Waals surface area contributed by atoms with Gasteiger partial charge in [-0.15, -0.1) is 0 Å². The summed E-state index contributed by atoms with van der Waals surface area (Å²) < 4.78 is 6.19. The Hall–Kier alpha value is -1.03. The van der Waals surface area contributed by atoms with E-state index in [4.69, 9.17) is 4.74 Å². The third-order valence-corrected chi connectivity index (χ3v) is 4.27. The second kappa shape index (κ2) is 5.95. The van der Waals surface area contributed by atoms with Crippen molar-refractivity contribution in [3.8, 4) is 5.75 Å². The Balaban J connectivity index is 2.15. The van der Waals surface area contributed by atoms with E-state index in [0.717, 1.165) is 17.3 Å². The molecule has 0 saturated heterocycles. The van der Waals surface area contributed by atoms with Gasteiger partial charge in [-0.05, 0) is 38.0 Å². The Kier molecular flexibility index (Phi) is 4.50. The van der Waals surface area contributed by atoms with Crippen molar-refractivity contribution in [2.75, 3.05) is 7.11 Å². The van der Waals surface area contributed by atoms with Crippen LogP contribution in [0.15, 0.2) is 22.7 Å². The van der Waals surface area contributed by atoms with Crippen LogP contribution in [0, 0.1) is 0 Å². The highest BCUT2D eigenvalue weighted by molar-refractivity contribution is 9.10. The number of halogens is 1. The predicted octanol–water partition coefficient (Wildman–Crippen LogP) is 3.91. The van der Waals surface area contributed by atoms with Crippen LogP contribution in [0.25, 0.3) is 0 Å². The minimum Gasteiger partial charge on any atom is -0.496 e. The van der Waals surface area contributed by atoms with Crippen molar-refractivity contribution in [1.82, 2.24) is 5.32 Å². The molecule has 0 spiro atoms. The smallest absolute Gasteiger partial charge is 0.255 e. The molecule has 2 rings (SSSR count). The van der Waals surface area contributed by atoms with Gasteiger partial charge < -0.3 is 10.1 Å². The van der Waals surface area contributed by atoms with Crippen molar-refractivity contribution < 1.29 is 9.53 Å². The summed E-state index contributed by atoms with van der Waals surface area (Å²) in [5.74, 6) is 0.556. The van der Waals surface area contributed by atoms with Gasteiger partial charge in [0.25, 0.3) is 5.91 Å². The second-order valence-corrected chi connectivity index (χ2v) is 6.34. The van der Waals surface area contributed by atoms with Gasteiger partial charge in [0.1, 0.15) is 5.75 Å². The Bertz CT molecular complexity index is 467. The monoisotopic (exact) mass is 325 g/mol. The first-order chi connectivity index (χ1) is 9.04. The quantitative estimate of drug-likeness (QED) is 0.914. The number of carbonyl (C=O) groups is 1. The molecule has 1 aromatic rings. The molecule has 1 amide bonds. The van der Waals surface area contributed by atoms with Crippen LogP contribution in [0.1, 0.15) is 49.4 Å². The summed E-state index contributed by atoms with van der Waals surface area (Å²) in [6, 6.07) is 5.48. The van der Waals surface area contributed by atoms with E-state index in [0.29, 0.717) is 11.3 Å². The minimum absolute atomic E-state index is 0.0475. The minimum atomic E-state index is -0.0760. The molecule has 0 aliphatic heterocycles. The van der Waals surface area contributed by atoms with Gasteiger partial charge in [-0.25, -0.2) is 0 Å². The van der Waals surface area contributed by atoms with E-state index in [2.05, 4.69) is 28.2 Å². The average Bonchev–Trinajstić information content (AvgIpc) is 2.38. The molecule has 1 aliphatic rings. The number of amides is 1. The zero-order chi connectivity index (χ0) is 13.9. The Morgan fingerprint density at radius 2 is 2.00 bits per heavy atom. The third kappa shape index (κ3) is 3.50. The number of rotatable bonds is 3. The molecule has 0 unspecified atom stereocenters. The number of carbonyl (C=O) groups excluding carboxylic acids is 1. The standard InChI is InChI=1S/C15H20BrNO2/c1-15(8-4-3-5-9-15)17-14(18)12-7-6-11(16)10-13(12)19-2/h6-7,10H,3-5,8-9H2,1-2H3,(H,17,18). The molecule has 0 radical (unpaired) electrons. The van der Waals surface area contributed by atoms with Crippen LogP contribution < -0.4 is 10.1 Å². The summed E-state index contributed by atoms with van der Waals surface area (Å²) >= 11 is 3.38. The normalized spacial score (nSPS) is 17.8. The van der Waals surface area contributed by atoms with Crippen molar-refractivity contribution in [1.29, 1.82) is 0 Å². The number of benzene rings is 1. The van der Waals surface area contributed by atoms with Gasteiger partial charge in [-0.3, -0.25) is 4.79 Å². The van der Waals surface area contributed by atoms with Gasteiger partial charge in [-0.2, -0.15) is 0 Å². The maximum absolute atomic E-state index is 12.4. The fraction of sp³-hybridized carbons (Fsp3) is 0.533. The third-order valence-electron chi connectivity index (χ3n) is 3.78. The molecule has 0 bridgehead atoms. The van der Waals surface area contributed by atoms with Crippen LogP contribution in [0.2, 0.25) is 0 Å². The molecule has 19 heavy (non-hydrogen) atoms. The number of hydrogen-bond acceptors (Lipinski definition) is 2. The largest absolute Gasteiger partial charge is 0.496 e. The van der Waals surface area contributed by atoms with E-state index in [1.165, 1.54) is 19.3 Å². The molecular formula is C15H20BrNO2. The van der Waals surface area contributed by atoms with E-state index in [1.807, 2.05) is 12.1 Å². The molecule has 3 nitrogen and oxygen atoms in total. The van der Waals surface area contributed by atoms with Crippen LogP contribution in [-0.4, -0.2) is 18.6 Å². The zero-order valence-electron chi connectivity index (χ0n) is 11.5. The molecule has 1 saturated carbocycles. The van der Waals surface area contributed by atoms with Crippen molar-refractivity contribution in [2.24, 2.45) is 0 Å². The molecule has 1 aromatic carbocycles. The Labute approximate surface area is 122 Å². The first kappa shape index (κ1) is 14.4. The zero-order valence-corrected chi connectivity index (χ0v) is 13.0. The number of ether oxygens (including phenoxy) is 1. The highest BCUT2D eigenvalue weighted by Gasteiger charge is 2.29. The first-order valence-corrected chi connectivity index (χ1v) is 7.49. The SMILES string of the molecule is COc1cc(Br)ccc1C(=O)NC1(C)CCCCC1. The van der Waals surface area contributed by atoms with Gasteiger partial charge in [-0.1, -0.05) is 35.2 Å². The van der Waals surface area contributed by atoms with E-state index < -0.39 is 0 Å². The lowest BCUT2D eigenvalue weighted by molar-refractivity contribution is 0.0879. The van der Waals surface area contributed by atoms with E-state index >= 15 is 0 Å². The summed E-state index contributed by atoms with van der Waals surface area (Å²) in [5.41, 5.74) is 0.519. The van der Waals surface area contributed by atoms with Crippen LogP contribution in [0.3, 0.4) is 0 Å². The van der Waals surface area contributed by atoms with Crippen molar-refractivity contribution >= 4 is 21.8 Å². The first-order valence-electron chi connectivity index (χ1n) is 6.70. The maximum Gasteiger partial charge on any atom is 0.255 e. The number of methoxy groups -OCH3 is 1. The average molecular weight is 326 g/mol. The van der Waals surface area contributed by atoms with Gasteiger partial charge in [0.2, 0.25) is 0 Å². The van der Waals surface area contributed by atoms with Crippen LogP contribution >= 0.6 is 15.9 Å². The van der Waals surface area contributed by atoms with Crippen molar-refractivity contribution in [2.45, 2.75) is 44.6 Å².